The van der Waals surface area contributed by atoms with Gasteiger partial charge in [0, 0.05) is 23.8 Å². The van der Waals surface area contributed by atoms with Crippen molar-refractivity contribution in [3.8, 4) is 0 Å². The summed E-state index contributed by atoms with van der Waals surface area (Å²) in [4.78, 5) is 25.6. The summed E-state index contributed by atoms with van der Waals surface area (Å²) in [6.07, 6.45) is 0. The van der Waals surface area contributed by atoms with Crippen LogP contribution in [0.1, 0.15) is 20.8 Å². The van der Waals surface area contributed by atoms with Gasteiger partial charge in [0.05, 0.1) is 13.0 Å². The van der Waals surface area contributed by atoms with E-state index in [4.69, 9.17) is 16.3 Å². The van der Waals surface area contributed by atoms with Crippen LogP contribution in [0.25, 0.3) is 0 Å². The van der Waals surface area contributed by atoms with E-state index in [0.717, 1.165) is 0 Å². The summed E-state index contributed by atoms with van der Waals surface area (Å²) < 4.78 is 4.72. The van der Waals surface area contributed by atoms with Crippen molar-refractivity contribution in [2.45, 2.75) is 20.8 Å². The highest BCUT2D eigenvalue weighted by Crippen LogP contribution is 2.15. The predicted octanol–water partition coefficient (Wildman–Crippen LogP) is 3.64. The van der Waals surface area contributed by atoms with E-state index in [1.54, 1.807) is 36.1 Å². The molecule has 1 aromatic carbocycles. The fraction of sp³-hybridized carbons (Fsp3) is 0.500. The fourth-order valence-corrected chi connectivity index (χ4v) is 2.15. The Balaban J connectivity index is 2.75. The zero-order valence-electron chi connectivity index (χ0n) is 13.4. The van der Waals surface area contributed by atoms with Crippen LogP contribution in [0.4, 0.5) is 10.5 Å². The molecule has 0 fully saturated rings. The van der Waals surface area contributed by atoms with Gasteiger partial charge in [-0.3, -0.25) is 4.79 Å². The first kappa shape index (κ1) is 18.3. The molecule has 1 atom stereocenters. The number of rotatable bonds is 6. The van der Waals surface area contributed by atoms with E-state index in [1.165, 1.54) is 7.11 Å². The summed E-state index contributed by atoms with van der Waals surface area (Å²) in [6.45, 7) is 6.65. The number of hydrogen-bond acceptors (Lipinski definition) is 3. The third-order valence-corrected chi connectivity index (χ3v) is 3.32. The largest absolute Gasteiger partial charge is 0.469 e. The number of urea groups is 1. The lowest BCUT2D eigenvalue weighted by Crippen LogP contribution is -2.41. The topological polar surface area (TPSA) is 58.6 Å². The van der Waals surface area contributed by atoms with Gasteiger partial charge in [-0.25, -0.2) is 4.79 Å². The number of amides is 2. The van der Waals surface area contributed by atoms with Gasteiger partial charge >= 0.3 is 12.0 Å². The number of ether oxygens (including phenoxy) is 1. The molecule has 0 aromatic heterocycles. The molecule has 0 heterocycles. The van der Waals surface area contributed by atoms with Gasteiger partial charge in [-0.1, -0.05) is 32.4 Å². The first-order valence-corrected chi connectivity index (χ1v) is 7.60. The van der Waals surface area contributed by atoms with E-state index in [-0.39, 0.29) is 17.9 Å². The van der Waals surface area contributed by atoms with Crippen LogP contribution < -0.4 is 5.32 Å². The van der Waals surface area contributed by atoms with Crippen molar-refractivity contribution in [2.75, 3.05) is 25.5 Å². The van der Waals surface area contributed by atoms with Gasteiger partial charge in [-0.05, 0) is 30.2 Å². The summed E-state index contributed by atoms with van der Waals surface area (Å²) in [5.74, 6) is -0.409. The Morgan fingerprint density at radius 1 is 1.18 bits per heavy atom. The lowest BCUT2D eigenvalue weighted by atomic mass is 10.1. The maximum Gasteiger partial charge on any atom is 0.321 e. The first-order valence-electron chi connectivity index (χ1n) is 7.22. The number of benzene rings is 1. The molecule has 6 heteroatoms. The van der Waals surface area contributed by atoms with Crippen LogP contribution in [0.15, 0.2) is 24.3 Å². The van der Waals surface area contributed by atoms with Crippen molar-refractivity contribution in [1.82, 2.24) is 4.90 Å². The van der Waals surface area contributed by atoms with Gasteiger partial charge in [0.25, 0.3) is 0 Å². The number of halogens is 1. The third-order valence-electron chi connectivity index (χ3n) is 3.07. The number of carbonyl (C=O) groups excluding carboxylic acids is 2. The molecule has 1 N–H and O–H groups in total. The van der Waals surface area contributed by atoms with Gasteiger partial charge in [-0.2, -0.15) is 0 Å². The molecule has 0 radical (unpaired) electrons. The molecule has 0 spiro atoms. The van der Waals surface area contributed by atoms with Crippen LogP contribution in [0.3, 0.4) is 0 Å². The highest BCUT2D eigenvalue weighted by Gasteiger charge is 2.22. The Morgan fingerprint density at radius 3 is 2.27 bits per heavy atom. The van der Waals surface area contributed by atoms with Gasteiger partial charge in [0.2, 0.25) is 0 Å². The lowest BCUT2D eigenvalue weighted by molar-refractivity contribution is -0.145. The number of methoxy groups -OCH3 is 1. The van der Waals surface area contributed by atoms with Crippen molar-refractivity contribution < 1.29 is 14.3 Å². The molecule has 1 rings (SSSR count). The van der Waals surface area contributed by atoms with Crippen molar-refractivity contribution >= 4 is 29.3 Å². The zero-order valence-corrected chi connectivity index (χ0v) is 14.2. The Kier molecular flexibility index (Phi) is 7.18. The van der Waals surface area contributed by atoms with E-state index in [2.05, 4.69) is 5.32 Å². The SMILES string of the molecule is COC(=O)C(C)CN(CC(C)C)C(=O)Nc1ccc(Cl)cc1. The average molecular weight is 327 g/mol. The molecular weight excluding hydrogens is 304 g/mol. The minimum atomic E-state index is -0.375. The molecule has 122 valence electrons. The van der Waals surface area contributed by atoms with Crippen molar-refractivity contribution in [3.05, 3.63) is 29.3 Å². The molecule has 0 bridgehead atoms. The Hall–Kier alpha value is -1.75. The molecule has 0 aliphatic heterocycles. The summed E-state index contributed by atoms with van der Waals surface area (Å²) in [5.41, 5.74) is 0.661. The van der Waals surface area contributed by atoms with E-state index in [1.807, 2.05) is 13.8 Å². The third kappa shape index (κ3) is 5.93. The standard InChI is InChI=1S/C16H23ClN2O3/c1-11(2)9-19(10-12(3)15(20)22-4)16(21)18-14-7-5-13(17)6-8-14/h5-8,11-12H,9-10H2,1-4H3,(H,18,21). The number of carbonyl (C=O) groups is 2. The maximum absolute atomic E-state index is 12.4. The summed E-state index contributed by atoms with van der Waals surface area (Å²) in [7, 11) is 1.35. The molecule has 1 unspecified atom stereocenters. The number of esters is 1. The minimum absolute atomic E-state index is 0.244. The van der Waals surface area contributed by atoms with Gasteiger partial charge in [0.1, 0.15) is 0 Å². The second kappa shape index (κ2) is 8.63. The molecule has 0 aliphatic carbocycles. The second-order valence-electron chi connectivity index (χ2n) is 5.66. The van der Waals surface area contributed by atoms with E-state index in [9.17, 15) is 9.59 Å². The molecule has 22 heavy (non-hydrogen) atoms. The van der Waals surface area contributed by atoms with E-state index in [0.29, 0.717) is 29.7 Å². The molecule has 1 aromatic rings. The average Bonchev–Trinajstić information content (AvgIpc) is 2.47. The lowest BCUT2D eigenvalue weighted by Gasteiger charge is -2.27. The first-order chi connectivity index (χ1) is 10.3. The summed E-state index contributed by atoms with van der Waals surface area (Å²) in [6, 6.07) is 6.64. The van der Waals surface area contributed by atoms with Gasteiger partial charge < -0.3 is 15.0 Å². The molecule has 2 amide bonds. The fourth-order valence-electron chi connectivity index (χ4n) is 2.02. The van der Waals surface area contributed by atoms with Crippen molar-refractivity contribution in [1.29, 1.82) is 0 Å². The van der Waals surface area contributed by atoms with Gasteiger partial charge in [0.15, 0.2) is 0 Å². The van der Waals surface area contributed by atoms with Crippen molar-refractivity contribution in [2.24, 2.45) is 11.8 Å². The van der Waals surface area contributed by atoms with Crippen LogP contribution >= 0.6 is 11.6 Å². The summed E-state index contributed by atoms with van der Waals surface area (Å²) >= 11 is 5.82. The van der Waals surface area contributed by atoms with Crippen LogP contribution in [0.5, 0.6) is 0 Å². The molecule has 5 nitrogen and oxygen atoms in total. The number of hydrogen-bond donors (Lipinski definition) is 1. The second-order valence-corrected chi connectivity index (χ2v) is 6.10. The maximum atomic E-state index is 12.4. The quantitative estimate of drug-likeness (QED) is 0.812. The van der Waals surface area contributed by atoms with Gasteiger partial charge in [-0.15, -0.1) is 0 Å². The van der Waals surface area contributed by atoms with Crippen LogP contribution in [-0.2, 0) is 9.53 Å². The van der Waals surface area contributed by atoms with Crippen molar-refractivity contribution in [3.63, 3.8) is 0 Å². The molecular formula is C16H23ClN2O3. The Bertz CT molecular complexity index is 503. The molecule has 0 saturated carbocycles. The number of nitrogens with zero attached hydrogens (tertiary/aromatic N) is 1. The zero-order chi connectivity index (χ0) is 16.7. The number of nitrogens with one attached hydrogen (secondary N) is 1. The highest BCUT2D eigenvalue weighted by molar-refractivity contribution is 6.30. The minimum Gasteiger partial charge on any atom is -0.469 e. The monoisotopic (exact) mass is 326 g/mol. The number of anilines is 1. The Morgan fingerprint density at radius 2 is 1.77 bits per heavy atom. The predicted molar refractivity (Wildman–Crippen MR) is 88.1 cm³/mol. The van der Waals surface area contributed by atoms with E-state index < -0.39 is 0 Å². The highest BCUT2D eigenvalue weighted by atomic mass is 35.5. The smallest absolute Gasteiger partial charge is 0.321 e. The molecule has 0 saturated heterocycles. The Labute approximate surface area is 136 Å². The molecule has 0 aliphatic rings. The van der Waals surface area contributed by atoms with Crippen LogP contribution in [0, 0.1) is 11.8 Å². The van der Waals surface area contributed by atoms with E-state index >= 15 is 0 Å². The normalized spacial score (nSPS) is 11.9. The van der Waals surface area contributed by atoms with Crippen LogP contribution in [-0.4, -0.2) is 37.1 Å². The van der Waals surface area contributed by atoms with Crippen LogP contribution in [0.2, 0.25) is 5.02 Å². The summed E-state index contributed by atoms with van der Waals surface area (Å²) in [5, 5.41) is 3.42.